The van der Waals surface area contributed by atoms with E-state index in [2.05, 4.69) is 17.4 Å². The van der Waals surface area contributed by atoms with Gasteiger partial charge in [0.1, 0.15) is 5.54 Å². The molecule has 2 aromatic carbocycles. The van der Waals surface area contributed by atoms with Crippen LogP contribution in [0.2, 0.25) is 0 Å². The molecule has 0 bridgehead atoms. The zero-order valence-corrected chi connectivity index (χ0v) is 20.4. The SMILES string of the molecule is Cc1ccc(S(=O)(=O)N2CCN(CN3C(=O)N[C@](C)(c4ccc5c(c4)CCC5)C3=O)CC2)cc1. The van der Waals surface area contributed by atoms with Crippen LogP contribution in [0, 0.1) is 6.92 Å². The average Bonchev–Trinajstić information content (AvgIpc) is 3.38. The second-order valence-corrected chi connectivity index (χ2v) is 11.5. The molecule has 2 aromatic rings. The van der Waals surface area contributed by atoms with Crippen molar-refractivity contribution in [3.8, 4) is 0 Å². The number of hydrogen-bond acceptors (Lipinski definition) is 5. The maximum absolute atomic E-state index is 13.4. The van der Waals surface area contributed by atoms with Crippen LogP contribution in [0.5, 0.6) is 0 Å². The zero-order valence-electron chi connectivity index (χ0n) is 19.6. The van der Waals surface area contributed by atoms with E-state index in [-0.39, 0.29) is 17.5 Å². The van der Waals surface area contributed by atoms with E-state index in [1.807, 2.05) is 17.9 Å². The first-order valence-corrected chi connectivity index (χ1v) is 13.2. The first-order chi connectivity index (χ1) is 16.2. The minimum absolute atomic E-state index is 0.142. The van der Waals surface area contributed by atoms with Crippen molar-refractivity contribution in [2.24, 2.45) is 0 Å². The zero-order chi connectivity index (χ0) is 24.1. The highest BCUT2D eigenvalue weighted by Gasteiger charge is 2.49. The van der Waals surface area contributed by atoms with Crippen molar-refractivity contribution in [3.05, 3.63) is 64.7 Å². The van der Waals surface area contributed by atoms with Crippen LogP contribution in [-0.2, 0) is 33.2 Å². The predicted octanol–water partition coefficient (Wildman–Crippen LogP) is 2.21. The van der Waals surface area contributed by atoms with Gasteiger partial charge in [0.05, 0.1) is 11.6 Å². The quantitative estimate of drug-likeness (QED) is 0.660. The Balaban J connectivity index is 1.25. The molecule has 180 valence electrons. The third kappa shape index (κ3) is 3.91. The number of rotatable bonds is 5. The third-order valence-corrected chi connectivity index (χ3v) is 9.20. The molecule has 9 heteroatoms. The maximum Gasteiger partial charge on any atom is 0.326 e. The van der Waals surface area contributed by atoms with Gasteiger partial charge in [-0.3, -0.25) is 9.69 Å². The van der Waals surface area contributed by atoms with Gasteiger partial charge in [0.2, 0.25) is 10.0 Å². The molecule has 34 heavy (non-hydrogen) atoms. The first kappa shape index (κ1) is 23.0. The molecule has 3 amide bonds. The number of nitrogens with one attached hydrogen (secondary N) is 1. The van der Waals surface area contributed by atoms with E-state index >= 15 is 0 Å². The Labute approximate surface area is 200 Å². The number of benzene rings is 2. The van der Waals surface area contributed by atoms with E-state index in [1.54, 1.807) is 31.2 Å². The number of hydrogen-bond donors (Lipinski definition) is 1. The van der Waals surface area contributed by atoms with E-state index in [4.69, 9.17) is 0 Å². The summed E-state index contributed by atoms with van der Waals surface area (Å²) >= 11 is 0. The Morgan fingerprint density at radius 2 is 1.62 bits per heavy atom. The molecule has 0 radical (unpaired) electrons. The lowest BCUT2D eigenvalue weighted by Gasteiger charge is -2.35. The number of nitrogens with zero attached hydrogens (tertiary/aromatic N) is 3. The smallest absolute Gasteiger partial charge is 0.319 e. The summed E-state index contributed by atoms with van der Waals surface area (Å²) < 4.78 is 27.4. The molecule has 0 aromatic heterocycles. The molecule has 2 saturated heterocycles. The number of urea groups is 1. The molecule has 8 nitrogen and oxygen atoms in total. The molecule has 2 aliphatic heterocycles. The highest BCUT2D eigenvalue weighted by molar-refractivity contribution is 7.89. The van der Waals surface area contributed by atoms with Gasteiger partial charge in [-0.25, -0.2) is 18.1 Å². The van der Waals surface area contributed by atoms with Crippen LogP contribution in [0.1, 0.15) is 35.6 Å². The number of piperazine rings is 1. The Morgan fingerprint density at radius 1 is 0.941 bits per heavy atom. The number of fused-ring (bicyclic) bond motifs is 1. The molecular formula is C25H30N4O4S. The predicted molar refractivity (Wildman–Crippen MR) is 128 cm³/mol. The van der Waals surface area contributed by atoms with Gasteiger partial charge in [0, 0.05) is 26.2 Å². The minimum Gasteiger partial charge on any atom is -0.319 e. The Kier molecular flexibility index (Phi) is 5.74. The van der Waals surface area contributed by atoms with Crippen LogP contribution in [0.3, 0.4) is 0 Å². The molecule has 0 saturated carbocycles. The van der Waals surface area contributed by atoms with Crippen LogP contribution < -0.4 is 5.32 Å². The Bertz CT molecular complexity index is 1240. The van der Waals surface area contributed by atoms with Crippen molar-refractivity contribution in [3.63, 3.8) is 0 Å². The van der Waals surface area contributed by atoms with Crippen LogP contribution >= 0.6 is 0 Å². The second kappa shape index (κ2) is 8.48. The summed E-state index contributed by atoms with van der Waals surface area (Å²) in [6.07, 6.45) is 3.18. The lowest BCUT2D eigenvalue weighted by molar-refractivity contribution is -0.132. The fourth-order valence-corrected chi connectivity index (χ4v) is 6.50. The van der Waals surface area contributed by atoms with Gasteiger partial charge in [-0.15, -0.1) is 0 Å². The topological polar surface area (TPSA) is 90.0 Å². The third-order valence-electron chi connectivity index (χ3n) is 7.28. The summed E-state index contributed by atoms with van der Waals surface area (Å²) in [5.74, 6) is -0.273. The summed E-state index contributed by atoms with van der Waals surface area (Å²) in [6.45, 7) is 5.32. The summed E-state index contributed by atoms with van der Waals surface area (Å²) in [5.41, 5.74) is 3.29. The molecular weight excluding hydrogens is 452 g/mol. The molecule has 1 N–H and O–H groups in total. The van der Waals surface area contributed by atoms with Crippen LogP contribution in [0.25, 0.3) is 0 Å². The lowest BCUT2D eigenvalue weighted by atomic mass is 9.90. The fraction of sp³-hybridized carbons (Fsp3) is 0.440. The van der Waals surface area contributed by atoms with Crippen molar-refractivity contribution in [2.75, 3.05) is 32.8 Å². The lowest BCUT2D eigenvalue weighted by Crippen LogP contribution is -2.52. The second-order valence-electron chi connectivity index (χ2n) is 9.60. The minimum atomic E-state index is -3.56. The molecule has 1 atom stereocenters. The van der Waals surface area contributed by atoms with Crippen LogP contribution in [-0.4, -0.2) is 67.3 Å². The Morgan fingerprint density at radius 3 is 2.32 bits per heavy atom. The summed E-state index contributed by atoms with van der Waals surface area (Å²) in [4.78, 5) is 29.6. The molecule has 3 aliphatic rings. The van der Waals surface area contributed by atoms with E-state index in [0.29, 0.717) is 26.2 Å². The average molecular weight is 483 g/mol. The normalized spacial score (nSPS) is 23.9. The number of aryl methyl sites for hydroxylation is 3. The van der Waals surface area contributed by atoms with E-state index < -0.39 is 21.6 Å². The van der Waals surface area contributed by atoms with Gasteiger partial charge in [0.25, 0.3) is 5.91 Å². The van der Waals surface area contributed by atoms with Gasteiger partial charge in [-0.05, 0) is 61.9 Å². The van der Waals surface area contributed by atoms with Gasteiger partial charge >= 0.3 is 6.03 Å². The number of carbonyl (C=O) groups is 2. The number of amides is 3. The standard InChI is InChI=1S/C25H30N4O4S/c1-18-6-10-22(11-7-18)34(32,33)28-14-12-27(13-15-28)17-29-23(30)25(2,26-24(29)31)21-9-8-19-4-3-5-20(19)16-21/h6-11,16H,3-5,12-15,17H2,1-2H3,(H,26,31)/t25-/m1/s1. The number of carbonyl (C=O) groups excluding carboxylic acids is 2. The highest BCUT2D eigenvalue weighted by atomic mass is 32.2. The fourth-order valence-electron chi connectivity index (χ4n) is 5.07. The first-order valence-electron chi connectivity index (χ1n) is 11.7. The largest absolute Gasteiger partial charge is 0.326 e. The van der Waals surface area contributed by atoms with Crippen molar-refractivity contribution in [2.45, 2.75) is 43.5 Å². The molecule has 2 heterocycles. The van der Waals surface area contributed by atoms with Gasteiger partial charge < -0.3 is 5.32 Å². The monoisotopic (exact) mass is 482 g/mol. The summed E-state index contributed by atoms with van der Waals surface area (Å²) in [7, 11) is -3.56. The van der Waals surface area contributed by atoms with E-state index in [9.17, 15) is 18.0 Å². The number of imide groups is 1. The van der Waals surface area contributed by atoms with Gasteiger partial charge in [-0.1, -0.05) is 35.9 Å². The molecule has 5 rings (SSSR count). The van der Waals surface area contributed by atoms with Crippen molar-refractivity contribution in [1.29, 1.82) is 0 Å². The summed E-state index contributed by atoms with van der Waals surface area (Å²) in [5, 5.41) is 2.89. The van der Waals surface area contributed by atoms with Gasteiger partial charge in [0.15, 0.2) is 0 Å². The molecule has 1 aliphatic carbocycles. The van der Waals surface area contributed by atoms with E-state index in [0.717, 1.165) is 30.4 Å². The number of sulfonamides is 1. The molecule has 0 spiro atoms. The van der Waals surface area contributed by atoms with Crippen molar-refractivity contribution >= 4 is 22.0 Å². The highest BCUT2D eigenvalue weighted by Crippen LogP contribution is 2.33. The molecule has 2 fully saturated rings. The van der Waals surface area contributed by atoms with Crippen molar-refractivity contribution < 1.29 is 18.0 Å². The van der Waals surface area contributed by atoms with Crippen LogP contribution in [0.15, 0.2) is 47.4 Å². The maximum atomic E-state index is 13.4. The van der Waals surface area contributed by atoms with Crippen LogP contribution in [0.4, 0.5) is 4.79 Å². The summed E-state index contributed by atoms with van der Waals surface area (Å²) in [6, 6.07) is 12.5. The van der Waals surface area contributed by atoms with E-state index in [1.165, 1.54) is 20.3 Å². The van der Waals surface area contributed by atoms with Crippen molar-refractivity contribution in [1.82, 2.24) is 19.4 Å². The van der Waals surface area contributed by atoms with Gasteiger partial charge in [-0.2, -0.15) is 4.31 Å². The Hall–Kier alpha value is -2.75. The molecule has 0 unspecified atom stereocenters.